The molecule has 0 unspecified atom stereocenters. The van der Waals surface area contributed by atoms with Crippen molar-refractivity contribution < 1.29 is 57.1 Å². The predicted octanol–water partition coefficient (Wildman–Crippen LogP) is 8.66. The number of carbonyl (C=O) groups excluding carboxylic acids is 4. The van der Waals surface area contributed by atoms with Crippen molar-refractivity contribution in [3.63, 3.8) is 0 Å². The van der Waals surface area contributed by atoms with Gasteiger partial charge in [0.15, 0.2) is 12.5 Å². The van der Waals surface area contributed by atoms with Crippen LogP contribution in [0.3, 0.4) is 0 Å². The Bertz CT molecular complexity index is 3280. The van der Waals surface area contributed by atoms with Gasteiger partial charge in [0, 0.05) is 4.91 Å². The quantitative estimate of drug-likeness (QED) is 0.0250. The molecule has 2 N–H and O–H groups in total. The number of hydrazine groups is 2. The zero-order valence-electron chi connectivity index (χ0n) is 44.4. The predicted molar refractivity (Wildman–Crippen MR) is 296 cm³/mol. The van der Waals surface area contributed by atoms with E-state index in [1.807, 2.05) is 152 Å². The minimum Gasteiger partial charge on any atom is -0.374 e. The first kappa shape index (κ1) is 55.6. The Hall–Kier alpha value is -8.27. The molecule has 0 aliphatic carbocycles. The molecule has 7 aromatic rings. The van der Waals surface area contributed by atoms with Gasteiger partial charge in [0.25, 0.3) is 23.6 Å². The summed E-state index contributed by atoms with van der Waals surface area (Å²) in [5.41, 5.74) is 21.3. The van der Waals surface area contributed by atoms with E-state index in [4.69, 9.17) is 37.9 Å². The van der Waals surface area contributed by atoms with E-state index < -0.39 is 84.9 Å². The molecule has 19 heteroatoms. The highest BCUT2D eigenvalue weighted by Crippen LogP contribution is 2.37. The van der Waals surface area contributed by atoms with Crippen LogP contribution in [-0.2, 0) is 70.9 Å². The molecule has 4 aliphatic rings. The van der Waals surface area contributed by atoms with E-state index in [-0.39, 0.29) is 68.5 Å². The second kappa shape index (κ2) is 26.5. The summed E-state index contributed by atoms with van der Waals surface area (Å²) in [6.45, 7) is 0.149. The molecular weight excluding hydrogens is 1050 g/mol. The van der Waals surface area contributed by atoms with Crippen molar-refractivity contribution in [2.45, 2.75) is 94.3 Å². The fourth-order valence-corrected chi connectivity index (χ4v) is 10.5. The molecule has 0 spiro atoms. The number of fused-ring (bicyclic) bond motifs is 2. The Morgan fingerprint density at radius 1 is 0.415 bits per heavy atom. The molecule has 19 nitrogen and oxygen atoms in total. The molecule has 0 saturated carbocycles. The number of nitrogens with zero attached hydrogens (tertiary/aromatic N) is 5. The summed E-state index contributed by atoms with van der Waals surface area (Å²) in [6.07, 6.45) is -9.82. The normalized spacial score (nSPS) is 24.0. The smallest absolute Gasteiger partial charge is 0.276 e. The highest BCUT2D eigenvalue weighted by atomic mass is 16.7. The summed E-state index contributed by atoms with van der Waals surface area (Å²) >= 11 is 0. The van der Waals surface area contributed by atoms with Gasteiger partial charge in [-0.25, -0.2) is 20.9 Å². The summed E-state index contributed by atoms with van der Waals surface area (Å²) in [5.74, 6) is -2.58. The average Bonchev–Trinajstić information content (AvgIpc) is 4.00. The van der Waals surface area contributed by atoms with Crippen molar-refractivity contribution in [2.24, 2.45) is 5.11 Å². The number of rotatable bonds is 24. The van der Waals surface area contributed by atoms with Crippen LogP contribution in [0.4, 0.5) is 0 Å². The standard InChI is InChI=1S/C63H59N7O12/c64-68-65-58-52(66-69-59(71)46-30-16-17-31-47(46)60(69)72)56(78-37-44-26-12-4-13-27-44)55(51(80-58)40-76-35-42-22-8-2-9-23-42)82-63-53(67-70-61(73)48-32-18-19-33-49(48)62(70)74)57(79-38-45-28-14-5-15-29-45)54(77-36-43-24-10-3-11-25-43)50(81-63)39-75-34-41-20-6-1-7-21-41/h1-33,50-58,63,66-67H,34-40H2/t50-,51-,52-,53-,54-,55-,56-,57-,58-,63+/m1/s1. The average molecular weight is 1110 g/mol. The van der Waals surface area contributed by atoms with Crippen molar-refractivity contribution in [1.82, 2.24) is 20.9 Å². The monoisotopic (exact) mass is 1110 g/mol. The molecule has 4 heterocycles. The number of imide groups is 2. The molecule has 0 bridgehead atoms. The van der Waals surface area contributed by atoms with E-state index >= 15 is 0 Å². The summed E-state index contributed by atoms with van der Waals surface area (Å²) in [7, 11) is 0. The minimum absolute atomic E-state index is 0.0345. The Labute approximate surface area is 473 Å². The van der Waals surface area contributed by atoms with Crippen LogP contribution in [0.15, 0.2) is 205 Å². The lowest BCUT2D eigenvalue weighted by Crippen LogP contribution is -2.71. The number of carbonyl (C=O) groups is 4. The highest BCUT2D eigenvalue weighted by Gasteiger charge is 2.56. The third-order valence-corrected chi connectivity index (χ3v) is 14.6. The minimum atomic E-state index is -1.52. The number of nitrogens with one attached hydrogen (secondary N) is 2. The van der Waals surface area contributed by atoms with Crippen LogP contribution in [0, 0.1) is 0 Å². The van der Waals surface area contributed by atoms with E-state index in [2.05, 4.69) is 20.9 Å². The largest absolute Gasteiger partial charge is 0.374 e. The summed E-state index contributed by atoms with van der Waals surface area (Å²) in [6, 6.07) is 57.8. The molecule has 2 saturated heterocycles. The molecule has 82 heavy (non-hydrogen) atoms. The Kier molecular flexibility index (Phi) is 18.0. The first-order valence-electron chi connectivity index (χ1n) is 27.0. The molecule has 11 rings (SSSR count). The van der Waals surface area contributed by atoms with Gasteiger partial charge in [0.1, 0.15) is 42.7 Å². The summed E-state index contributed by atoms with van der Waals surface area (Å²) in [5, 5.41) is 5.88. The van der Waals surface area contributed by atoms with Crippen molar-refractivity contribution in [3.8, 4) is 0 Å². The van der Waals surface area contributed by atoms with Gasteiger partial charge < -0.3 is 37.9 Å². The zero-order valence-corrected chi connectivity index (χ0v) is 44.4. The Balaban J connectivity index is 1.03. The Morgan fingerprint density at radius 2 is 0.744 bits per heavy atom. The lowest BCUT2D eigenvalue weighted by molar-refractivity contribution is -0.332. The van der Waals surface area contributed by atoms with Crippen molar-refractivity contribution in [3.05, 3.63) is 261 Å². The van der Waals surface area contributed by atoms with Gasteiger partial charge in [-0.05, 0) is 57.6 Å². The summed E-state index contributed by atoms with van der Waals surface area (Å²) < 4.78 is 55.2. The van der Waals surface area contributed by atoms with Crippen LogP contribution in [-0.4, -0.2) is 108 Å². The topological polar surface area (TPSA) is 221 Å². The second-order valence-corrected chi connectivity index (χ2v) is 20.0. The van der Waals surface area contributed by atoms with E-state index in [1.165, 1.54) is 0 Å². The van der Waals surface area contributed by atoms with Crippen LogP contribution in [0.2, 0.25) is 0 Å². The van der Waals surface area contributed by atoms with Crippen LogP contribution >= 0.6 is 0 Å². The maximum absolute atomic E-state index is 14.5. The van der Waals surface area contributed by atoms with Gasteiger partial charge in [-0.15, -0.1) is 0 Å². The fraction of sp³-hybridized carbons (Fsp3) is 0.270. The van der Waals surface area contributed by atoms with Gasteiger partial charge >= 0.3 is 0 Å². The van der Waals surface area contributed by atoms with Gasteiger partial charge in [-0.3, -0.25) is 19.2 Å². The van der Waals surface area contributed by atoms with E-state index in [9.17, 15) is 24.7 Å². The van der Waals surface area contributed by atoms with Crippen LogP contribution in [0.1, 0.15) is 69.2 Å². The molecule has 4 aliphatic heterocycles. The number of azide groups is 1. The molecule has 4 amide bonds. The first-order chi connectivity index (χ1) is 40.3. The fourth-order valence-electron chi connectivity index (χ4n) is 10.5. The van der Waals surface area contributed by atoms with Crippen LogP contribution < -0.4 is 10.9 Å². The lowest BCUT2D eigenvalue weighted by Gasteiger charge is -2.51. The number of amides is 4. The molecule has 2 fully saturated rings. The summed E-state index contributed by atoms with van der Waals surface area (Å²) in [4.78, 5) is 60.5. The molecule has 7 aromatic carbocycles. The first-order valence-corrected chi connectivity index (χ1v) is 27.0. The van der Waals surface area contributed by atoms with Gasteiger partial charge in [0.2, 0.25) is 0 Å². The number of hydrogen-bond donors (Lipinski definition) is 2. The number of hydrogen-bond acceptors (Lipinski definition) is 15. The Morgan fingerprint density at radius 3 is 1.13 bits per heavy atom. The van der Waals surface area contributed by atoms with Gasteiger partial charge in [-0.1, -0.05) is 181 Å². The molecule has 0 radical (unpaired) electrons. The molecule has 418 valence electrons. The van der Waals surface area contributed by atoms with Crippen molar-refractivity contribution >= 4 is 23.6 Å². The van der Waals surface area contributed by atoms with E-state index in [0.29, 0.717) is 0 Å². The van der Waals surface area contributed by atoms with Crippen LogP contribution in [0.5, 0.6) is 0 Å². The van der Waals surface area contributed by atoms with Gasteiger partial charge in [0.05, 0.1) is 74.5 Å². The SMILES string of the molecule is [N-]=[N+]=N[C@@H]1O[C@H](COCc2ccccc2)[C@@H](O[C@@H]2O[C@H](COCc3ccccc3)[C@@H](OCc3ccccc3)[C@H](OCc3ccccc3)[C@H]2NN2C(=O)c3ccccc3C2=O)[C@H](OCc2ccccc2)[C@H]1NN1C(=O)c2ccccc2C1=O. The lowest BCUT2D eigenvalue weighted by atomic mass is 9.94. The maximum Gasteiger partial charge on any atom is 0.276 e. The zero-order chi connectivity index (χ0) is 56.2. The van der Waals surface area contributed by atoms with E-state index in [0.717, 1.165) is 37.8 Å². The molecule has 10 atom stereocenters. The maximum atomic E-state index is 14.5. The third kappa shape index (κ3) is 12.8. The van der Waals surface area contributed by atoms with Crippen molar-refractivity contribution in [2.75, 3.05) is 13.2 Å². The third-order valence-electron chi connectivity index (χ3n) is 14.6. The van der Waals surface area contributed by atoms with E-state index in [1.54, 1.807) is 48.5 Å². The van der Waals surface area contributed by atoms with Gasteiger partial charge in [-0.2, -0.15) is 0 Å². The highest BCUT2D eigenvalue weighted by molar-refractivity contribution is 6.21. The number of ether oxygens (including phenoxy) is 8. The second-order valence-electron chi connectivity index (χ2n) is 20.0. The van der Waals surface area contributed by atoms with Crippen molar-refractivity contribution in [1.29, 1.82) is 0 Å². The number of benzene rings is 7. The molecular formula is C63H59N7O12. The van der Waals surface area contributed by atoms with Crippen LogP contribution in [0.25, 0.3) is 10.4 Å². The molecule has 0 aromatic heterocycles.